The van der Waals surface area contributed by atoms with Gasteiger partial charge >= 0.3 is 6.09 Å². The quantitative estimate of drug-likeness (QED) is 0.386. The van der Waals surface area contributed by atoms with E-state index in [1.165, 1.54) is 0 Å². The van der Waals surface area contributed by atoms with Gasteiger partial charge in [0.2, 0.25) is 17.7 Å². The Labute approximate surface area is 236 Å². The first-order valence-corrected chi connectivity index (χ1v) is 13.8. The summed E-state index contributed by atoms with van der Waals surface area (Å²) in [5.74, 6) is -1.35. The molecule has 40 heavy (non-hydrogen) atoms. The van der Waals surface area contributed by atoms with E-state index in [-0.39, 0.29) is 24.8 Å². The highest BCUT2D eigenvalue weighted by molar-refractivity contribution is 5.93. The van der Waals surface area contributed by atoms with Crippen LogP contribution < -0.4 is 16.4 Å². The van der Waals surface area contributed by atoms with Crippen LogP contribution in [0.15, 0.2) is 48.5 Å². The van der Waals surface area contributed by atoms with Gasteiger partial charge in [0.1, 0.15) is 17.7 Å². The van der Waals surface area contributed by atoms with Gasteiger partial charge in [-0.05, 0) is 82.6 Å². The molecule has 1 aliphatic carbocycles. The number of aryl methyl sites for hydroxylation is 2. The maximum Gasteiger partial charge on any atom is 0.408 e. The molecule has 4 N–H and O–H groups in total. The molecule has 4 amide bonds. The zero-order chi connectivity index (χ0) is 29.4. The van der Waals surface area contributed by atoms with Crippen LogP contribution in [0.2, 0.25) is 0 Å². The molecular formula is C31H42N4O5. The van der Waals surface area contributed by atoms with Crippen molar-refractivity contribution in [2.75, 3.05) is 0 Å². The van der Waals surface area contributed by atoms with Gasteiger partial charge in [-0.2, -0.15) is 0 Å². The number of ether oxygens (including phenoxy) is 1. The molecule has 0 heterocycles. The molecule has 0 aromatic heterocycles. The fourth-order valence-electron chi connectivity index (χ4n) is 4.89. The third kappa shape index (κ3) is 8.31. The maximum atomic E-state index is 14.3. The normalized spacial score (nSPS) is 14.8. The smallest absolute Gasteiger partial charge is 0.408 e. The number of nitrogens with two attached hydrogens (primary N) is 1. The Bertz CT molecular complexity index is 1180. The number of carbonyl (C=O) groups is 4. The first kappa shape index (κ1) is 30.7. The minimum Gasteiger partial charge on any atom is -0.444 e. The van der Waals surface area contributed by atoms with Crippen molar-refractivity contribution in [3.05, 3.63) is 70.8 Å². The van der Waals surface area contributed by atoms with E-state index in [4.69, 9.17) is 10.5 Å². The number of hydrogen-bond donors (Lipinski definition) is 3. The van der Waals surface area contributed by atoms with Crippen LogP contribution in [0.4, 0.5) is 4.79 Å². The number of nitrogens with zero attached hydrogens (tertiary/aromatic N) is 1. The number of primary amides is 1. The lowest BCUT2D eigenvalue weighted by molar-refractivity contribution is -0.147. The van der Waals surface area contributed by atoms with Crippen molar-refractivity contribution in [2.45, 2.75) is 97.0 Å². The second kappa shape index (κ2) is 13.5. The standard InChI is InChI=1S/C31H42N4O5/c1-20-11-9-12-21(2)26(20)27(28(37)33-19-22-13-7-6-8-14-22)35(23-15-10-16-23)29(38)24(17-18-25(32)36)34-30(39)40-31(3,4)5/h6-9,11-14,23-24,27H,10,15-19H2,1-5H3,(H2,32,36)(H,33,37)(H,34,39). The lowest BCUT2D eigenvalue weighted by atomic mass is 9.86. The summed E-state index contributed by atoms with van der Waals surface area (Å²) < 4.78 is 5.41. The monoisotopic (exact) mass is 550 g/mol. The Morgan fingerprint density at radius 1 is 1.00 bits per heavy atom. The lowest BCUT2D eigenvalue weighted by Crippen LogP contribution is -2.57. The molecule has 0 aliphatic heterocycles. The van der Waals surface area contributed by atoms with E-state index in [0.29, 0.717) is 6.54 Å². The van der Waals surface area contributed by atoms with Crippen molar-refractivity contribution < 1.29 is 23.9 Å². The number of amides is 4. The van der Waals surface area contributed by atoms with Gasteiger partial charge in [0.25, 0.3) is 0 Å². The predicted molar refractivity (Wildman–Crippen MR) is 153 cm³/mol. The van der Waals surface area contributed by atoms with Crippen LogP contribution in [0.5, 0.6) is 0 Å². The average molecular weight is 551 g/mol. The molecule has 1 fully saturated rings. The van der Waals surface area contributed by atoms with Crippen LogP contribution in [0.3, 0.4) is 0 Å². The van der Waals surface area contributed by atoms with Crippen LogP contribution in [0.25, 0.3) is 0 Å². The zero-order valence-electron chi connectivity index (χ0n) is 24.2. The molecule has 1 saturated carbocycles. The Morgan fingerprint density at radius 2 is 1.62 bits per heavy atom. The van der Waals surface area contributed by atoms with Gasteiger partial charge < -0.3 is 26.0 Å². The van der Waals surface area contributed by atoms with E-state index >= 15 is 0 Å². The molecule has 2 aromatic rings. The maximum absolute atomic E-state index is 14.3. The third-order valence-electron chi connectivity index (χ3n) is 7.04. The predicted octanol–water partition coefficient (Wildman–Crippen LogP) is 4.20. The summed E-state index contributed by atoms with van der Waals surface area (Å²) in [6.07, 6.45) is 1.48. The summed E-state index contributed by atoms with van der Waals surface area (Å²) in [6, 6.07) is 13.1. The van der Waals surface area contributed by atoms with E-state index in [1.807, 2.05) is 62.4 Å². The molecule has 2 atom stereocenters. The number of alkyl carbamates (subject to hydrolysis) is 1. The van der Waals surface area contributed by atoms with Gasteiger partial charge in [0.15, 0.2) is 0 Å². The summed E-state index contributed by atoms with van der Waals surface area (Å²) >= 11 is 0. The summed E-state index contributed by atoms with van der Waals surface area (Å²) in [5.41, 5.74) is 8.07. The molecule has 0 spiro atoms. The fraction of sp³-hybridized carbons (Fsp3) is 0.484. The van der Waals surface area contributed by atoms with E-state index < -0.39 is 35.6 Å². The van der Waals surface area contributed by atoms with Crippen molar-refractivity contribution in [2.24, 2.45) is 5.73 Å². The van der Waals surface area contributed by atoms with E-state index in [0.717, 1.165) is 41.5 Å². The third-order valence-corrected chi connectivity index (χ3v) is 7.04. The van der Waals surface area contributed by atoms with Crippen LogP contribution in [0.1, 0.15) is 81.2 Å². The van der Waals surface area contributed by atoms with E-state index in [9.17, 15) is 19.2 Å². The molecule has 9 heteroatoms. The molecule has 0 bridgehead atoms. The van der Waals surface area contributed by atoms with Crippen LogP contribution in [0, 0.1) is 13.8 Å². The Hall–Kier alpha value is -3.88. The zero-order valence-corrected chi connectivity index (χ0v) is 24.2. The number of nitrogens with one attached hydrogen (secondary N) is 2. The van der Waals surface area contributed by atoms with E-state index in [2.05, 4.69) is 10.6 Å². The van der Waals surface area contributed by atoms with Gasteiger partial charge in [0, 0.05) is 19.0 Å². The van der Waals surface area contributed by atoms with Crippen molar-refractivity contribution in [1.29, 1.82) is 0 Å². The van der Waals surface area contributed by atoms with Crippen molar-refractivity contribution in [3.63, 3.8) is 0 Å². The minimum absolute atomic E-state index is 0.0122. The van der Waals surface area contributed by atoms with Gasteiger partial charge in [-0.3, -0.25) is 14.4 Å². The lowest BCUT2D eigenvalue weighted by Gasteiger charge is -2.44. The summed E-state index contributed by atoms with van der Waals surface area (Å²) in [7, 11) is 0. The first-order valence-electron chi connectivity index (χ1n) is 13.8. The molecular weight excluding hydrogens is 508 g/mol. The summed E-state index contributed by atoms with van der Waals surface area (Å²) in [6.45, 7) is 9.32. The van der Waals surface area contributed by atoms with Crippen LogP contribution in [-0.2, 0) is 25.7 Å². The van der Waals surface area contributed by atoms with Crippen molar-refractivity contribution >= 4 is 23.8 Å². The van der Waals surface area contributed by atoms with Crippen molar-refractivity contribution in [1.82, 2.24) is 15.5 Å². The largest absolute Gasteiger partial charge is 0.444 e. The summed E-state index contributed by atoms with van der Waals surface area (Å²) in [4.78, 5) is 54.4. The fourth-order valence-corrected chi connectivity index (χ4v) is 4.89. The second-order valence-corrected chi connectivity index (χ2v) is 11.4. The molecule has 2 unspecified atom stereocenters. The Kier molecular flexibility index (Phi) is 10.3. The number of carbonyl (C=O) groups excluding carboxylic acids is 4. The van der Waals surface area contributed by atoms with Crippen LogP contribution in [-0.4, -0.2) is 46.4 Å². The molecule has 1 aliphatic rings. The SMILES string of the molecule is Cc1cccc(C)c1C(C(=O)NCc1ccccc1)N(C(=O)C(CCC(N)=O)NC(=O)OC(C)(C)C)C1CCC1. The minimum atomic E-state index is -1.10. The van der Waals surface area contributed by atoms with Crippen LogP contribution >= 0.6 is 0 Å². The highest BCUT2D eigenvalue weighted by atomic mass is 16.6. The van der Waals surface area contributed by atoms with Gasteiger partial charge in [-0.25, -0.2) is 4.79 Å². The number of rotatable bonds is 11. The average Bonchev–Trinajstić information content (AvgIpc) is 2.84. The Morgan fingerprint density at radius 3 is 2.15 bits per heavy atom. The number of benzene rings is 2. The molecule has 3 rings (SSSR count). The van der Waals surface area contributed by atoms with Gasteiger partial charge in [-0.15, -0.1) is 0 Å². The van der Waals surface area contributed by atoms with Gasteiger partial charge in [-0.1, -0.05) is 48.5 Å². The molecule has 0 radical (unpaired) electrons. The molecule has 216 valence electrons. The first-order chi connectivity index (χ1) is 18.9. The van der Waals surface area contributed by atoms with Crippen molar-refractivity contribution in [3.8, 4) is 0 Å². The van der Waals surface area contributed by atoms with E-state index in [1.54, 1.807) is 25.7 Å². The second-order valence-electron chi connectivity index (χ2n) is 11.4. The molecule has 9 nitrogen and oxygen atoms in total. The molecule has 2 aromatic carbocycles. The van der Waals surface area contributed by atoms with Gasteiger partial charge in [0.05, 0.1) is 0 Å². The topological polar surface area (TPSA) is 131 Å². The molecule has 0 saturated heterocycles. The highest BCUT2D eigenvalue weighted by Gasteiger charge is 2.42. The highest BCUT2D eigenvalue weighted by Crippen LogP contribution is 2.36. The summed E-state index contributed by atoms with van der Waals surface area (Å²) in [5, 5.41) is 5.69. The Balaban J connectivity index is 2.02. The number of hydrogen-bond acceptors (Lipinski definition) is 5.